The summed E-state index contributed by atoms with van der Waals surface area (Å²) in [4.78, 5) is 16.9. The molecule has 0 bridgehead atoms. The number of hydrogen-bond donors (Lipinski definition) is 2. The maximum atomic E-state index is 10.4. The van der Waals surface area contributed by atoms with Gasteiger partial charge in [0.1, 0.15) is 0 Å². The number of rotatable bonds is 12. The predicted octanol–water partition coefficient (Wildman–Crippen LogP) is -2.58. The van der Waals surface area contributed by atoms with E-state index in [0.717, 1.165) is 19.3 Å². The van der Waals surface area contributed by atoms with Gasteiger partial charge in [-0.05, 0) is 6.42 Å². The first-order valence-electron chi connectivity index (χ1n) is 6.76. The minimum absolute atomic E-state index is 0. The Morgan fingerprint density at radius 2 is 1.20 bits per heavy atom. The Hall–Kier alpha value is 2.07. The zero-order chi connectivity index (χ0) is 13.0. The smallest absolute Gasteiger partial charge is 1.00 e. The Bertz CT molecular complexity index is 224. The van der Waals surface area contributed by atoms with Crippen molar-refractivity contribution in [1.29, 1.82) is 0 Å². The van der Waals surface area contributed by atoms with Gasteiger partial charge < -0.3 is 18.1 Å². The second-order valence-corrected chi connectivity index (χ2v) is 5.75. The van der Waals surface area contributed by atoms with Crippen molar-refractivity contribution in [2.75, 3.05) is 6.61 Å². The molecule has 116 valence electrons. The first kappa shape index (κ1) is 30.0. The Kier molecular flexibility index (Phi) is 31.6. The van der Waals surface area contributed by atoms with Crippen LogP contribution < -0.4 is 59.1 Å². The van der Waals surface area contributed by atoms with Crippen LogP contribution in [0.15, 0.2) is 0 Å². The minimum Gasteiger partial charge on any atom is -1.00 e. The molecule has 0 aromatic rings. The van der Waals surface area contributed by atoms with Gasteiger partial charge in [-0.15, -0.1) is 0 Å². The van der Waals surface area contributed by atoms with Gasteiger partial charge in [-0.3, -0.25) is 4.52 Å². The fraction of sp³-hybridized carbons (Fsp3) is 1.00. The van der Waals surface area contributed by atoms with E-state index in [-0.39, 0.29) is 74.1 Å². The van der Waals surface area contributed by atoms with Crippen molar-refractivity contribution in [3.63, 3.8) is 0 Å². The molecule has 0 saturated heterocycles. The molecule has 4 N–H and O–H groups in total. The number of unbranched alkanes of at least 4 members (excludes halogenated alkanes) is 9. The molecule has 0 fully saturated rings. The van der Waals surface area contributed by atoms with Crippen molar-refractivity contribution in [1.82, 2.24) is 0 Å². The van der Waals surface area contributed by atoms with Crippen LogP contribution in [0.4, 0.5) is 0 Å². The van der Waals surface area contributed by atoms with Gasteiger partial charge in [0.15, 0.2) is 0 Å². The van der Waals surface area contributed by atoms with Crippen molar-refractivity contribution in [2.45, 2.75) is 71.1 Å². The van der Waals surface area contributed by atoms with Crippen LogP contribution in [0, 0.1) is 0 Å². The topological polar surface area (TPSA) is 98.3 Å². The molecule has 0 amide bonds. The van der Waals surface area contributed by atoms with Crippen LogP contribution in [0.5, 0.6) is 0 Å². The van der Waals surface area contributed by atoms with E-state index in [1.54, 1.807) is 0 Å². The molecule has 0 aliphatic rings. The predicted molar refractivity (Wildman–Crippen MR) is 75.7 cm³/mol. The van der Waals surface area contributed by atoms with Gasteiger partial charge in [-0.25, -0.2) is 4.57 Å². The fourth-order valence-electron chi connectivity index (χ4n) is 1.77. The van der Waals surface area contributed by atoms with Gasteiger partial charge in [-0.2, -0.15) is 0 Å². The van der Waals surface area contributed by atoms with Gasteiger partial charge in [0.05, 0.1) is 6.61 Å². The van der Waals surface area contributed by atoms with Crippen LogP contribution in [0.3, 0.4) is 0 Å². The van der Waals surface area contributed by atoms with Crippen molar-refractivity contribution in [3.8, 4) is 0 Å². The van der Waals surface area contributed by atoms with Crippen LogP contribution >= 0.6 is 7.82 Å². The van der Waals surface area contributed by atoms with Crippen LogP contribution in [0.25, 0.3) is 0 Å². The van der Waals surface area contributed by atoms with E-state index in [9.17, 15) is 4.57 Å². The molecule has 0 aliphatic carbocycles. The summed E-state index contributed by atoms with van der Waals surface area (Å²) in [6, 6.07) is 0. The monoisotopic (exact) mass is 332 g/mol. The molecule has 0 aromatic carbocycles. The molecular weight excluding hydrogens is 301 g/mol. The minimum atomic E-state index is -4.24. The molecule has 20 heavy (non-hydrogen) atoms. The molecule has 8 heteroatoms. The Morgan fingerprint density at radius 1 is 0.850 bits per heavy atom. The second kappa shape index (κ2) is 21.1. The normalized spacial score (nSPS) is 10.2. The van der Waals surface area contributed by atoms with Crippen molar-refractivity contribution in [2.24, 2.45) is 0 Å². The fourth-order valence-corrected chi connectivity index (χ4v) is 2.14. The molecule has 0 spiro atoms. The van der Waals surface area contributed by atoms with Crippen molar-refractivity contribution >= 4 is 7.82 Å². The quantitative estimate of drug-likeness (QED) is 0.233. The largest absolute Gasteiger partial charge is 1.00 e. The summed E-state index contributed by atoms with van der Waals surface area (Å²) >= 11 is 0. The SMILES string of the molecule is CCCCCCCCCCCCOP(=O)(O)O.O.[H-].[H-].[Na+].[Na+]. The van der Waals surface area contributed by atoms with Crippen LogP contribution in [-0.2, 0) is 9.09 Å². The standard InChI is InChI=1S/C12H27O4P.2Na.H2O.2H/c1-2-3-4-5-6-7-8-9-10-11-12-16-17(13,14)15;;;;;/h2-12H2,1H3,(H2,13,14,15);;;1H2;;/q;2*+1;;2*-1. The zero-order valence-electron chi connectivity index (χ0n) is 15.4. The van der Waals surface area contributed by atoms with Gasteiger partial charge >= 0.3 is 66.9 Å². The number of phosphoric ester groups is 1. The van der Waals surface area contributed by atoms with E-state index >= 15 is 0 Å². The third-order valence-electron chi connectivity index (χ3n) is 2.76. The van der Waals surface area contributed by atoms with E-state index in [4.69, 9.17) is 9.79 Å². The number of phosphoric acid groups is 1. The van der Waals surface area contributed by atoms with Crippen LogP contribution in [0.1, 0.15) is 74.0 Å². The second-order valence-electron chi connectivity index (χ2n) is 4.51. The Morgan fingerprint density at radius 3 is 1.55 bits per heavy atom. The molecule has 0 unspecified atom stereocenters. The van der Waals surface area contributed by atoms with Gasteiger partial charge in [-0.1, -0.05) is 64.7 Å². The van der Waals surface area contributed by atoms with Crippen molar-refractivity contribution < 1.29 is 86.3 Å². The third-order valence-corrected chi connectivity index (χ3v) is 3.28. The van der Waals surface area contributed by atoms with E-state index in [1.165, 1.54) is 44.9 Å². The molecule has 0 atom stereocenters. The van der Waals surface area contributed by atoms with E-state index in [0.29, 0.717) is 0 Å². The zero-order valence-corrected chi connectivity index (χ0v) is 18.3. The first-order chi connectivity index (χ1) is 8.06. The first-order valence-corrected chi connectivity index (χ1v) is 8.29. The molecule has 0 aliphatic heterocycles. The maximum Gasteiger partial charge on any atom is 1.00 e. The number of hydrogen-bond acceptors (Lipinski definition) is 2. The molecular formula is C12H31Na2O5P. The summed E-state index contributed by atoms with van der Waals surface area (Å²) < 4.78 is 14.7. The average molecular weight is 332 g/mol. The Labute approximate surface area is 170 Å². The molecule has 0 rings (SSSR count). The van der Waals surface area contributed by atoms with Gasteiger partial charge in [0.2, 0.25) is 0 Å². The van der Waals surface area contributed by atoms with E-state index in [1.807, 2.05) is 0 Å². The average Bonchev–Trinajstić information content (AvgIpc) is 2.24. The summed E-state index contributed by atoms with van der Waals surface area (Å²) in [5.41, 5.74) is 0. The molecule has 0 aromatic heterocycles. The van der Waals surface area contributed by atoms with E-state index < -0.39 is 7.82 Å². The molecule has 5 nitrogen and oxygen atoms in total. The van der Waals surface area contributed by atoms with E-state index in [2.05, 4.69) is 11.4 Å². The molecule has 0 saturated carbocycles. The van der Waals surface area contributed by atoms with Crippen LogP contribution in [0.2, 0.25) is 0 Å². The summed E-state index contributed by atoms with van der Waals surface area (Å²) in [5.74, 6) is 0. The third kappa shape index (κ3) is 28.3. The summed E-state index contributed by atoms with van der Waals surface area (Å²) in [5, 5.41) is 0. The van der Waals surface area contributed by atoms with Gasteiger partial charge in [0.25, 0.3) is 0 Å². The van der Waals surface area contributed by atoms with Gasteiger partial charge in [0, 0.05) is 0 Å². The maximum absolute atomic E-state index is 10.4. The summed E-state index contributed by atoms with van der Waals surface area (Å²) in [6.45, 7) is 2.39. The van der Waals surface area contributed by atoms with Crippen molar-refractivity contribution in [3.05, 3.63) is 0 Å². The van der Waals surface area contributed by atoms with Crippen LogP contribution in [-0.4, -0.2) is 21.9 Å². The summed E-state index contributed by atoms with van der Waals surface area (Å²) in [6.07, 6.45) is 12.0. The molecule has 0 radical (unpaired) electrons. The molecule has 0 heterocycles. The summed E-state index contributed by atoms with van der Waals surface area (Å²) in [7, 11) is -4.24. The Balaban J connectivity index is -0.000000128.